The quantitative estimate of drug-likeness (QED) is 0.366. The Morgan fingerprint density at radius 3 is 2.19 bits per heavy atom. The van der Waals surface area contributed by atoms with Crippen LogP contribution < -0.4 is 14.8 Å². The Balaban J connectivity index is 1.94. The minimum atomic E-state index is -0.737. The van der Waals surface area contributed by atoms with Crippen LogP contribution in [0.3, 0.4) is 0 Å². The number of nitrogens with zero attached hydrogens (tertiary/aromatic N) is 1. The number of benzene rings is 3. The van der Waals surface area contributed by atoms with Crippen molar-refractivity contribution in [1.29, 1.82) is 0 Å². The smallest absolute Gasteiger partial charge is 0.261 e. The molecule has 190 valence electrons. The van der Waals surface area contributed by atoms with Crippen LogP contribution in [-0.4, -0.2) is 42.0 Å². The molecule has 0 saturated heterocycles. The van der Waals surface area contributed by atoms with Crippen LogP contribution in [0, 0.1) is 0 Å². The molecule has 6 nitrogen and oxygen atoms in total. The molecule has 0 bridgehead atoms. The second-order valence-electron chi connectivity index (χ2n) is 9.54. The van der Waals surface area contributed by atoms with E-state index in [1.54, 1.807) is 24.1 Å². The zero-order chi connectivity index (χ0) is 26.1. The van der Waals surface area contributed by atoms with Crippen molar-refractivity contribution in [2.75, 3.05) is 13.7 Å². The van der Waals surface area contributed by atoms with Crippen molar-refractivity contribution in [3.8, 4) is 11.5 Å². The van der Waals surface area contributed by atoms with Gasteiger partial charge in [-0.05, 0) is 56.2 Å². The van der Waals surface area contributed by atoms with Crippen molar-refractivity contribution >= 4 is 27.7 Å². The summed E-state index contributed by atoms with van der Waals surface area (Å²) in [6, 6.07) is 23.9. The second kappa shape index (κ2) is 12.6. The largest absolute Gasteiger partial charge is 0.493 e. The van der Waals surface area contributed by atoms with E-state index < -0.39 is 11.6 Å². The van der Waals surface area contributed by atoms with Gasteiger partial charge < -0.3 is 19.7 Å². The lowest BCUT2D eigenvalue weighted by molar-refractivity contribution is -0.143. The summed E-state index contributed by atoms with van der Waals surface area (Å²) in [5, 5.41) is 3.06. The lowest BCUT2D eigenvalue weighted by atomic mass is 10.0. The Labute approximate surface area is 221 Å². The van der Waals surface area contributed by atoms with Gasteiger partial charge >= 0.3 is 0 Å². The van der Waals surface area contributed by atoms with Crippen molar-refractivity contribution in [2.24, 2.45) is 0 Å². The summed E-state index contributed by atoms with van der Waals surface area (Å²) >= 11 is 3.50. The van der Waals surface area contributed by atoms with Crippen LogP contribution in [0.5, 0.6) is 11.5 Å². The average molecular weight is 553 g/mol. The van der Waals surface area contributed by atoms with Gasteiger partial charge in [-0.15, -0.1) is 0 Å². The number of nitrogens with one attached hydrogen (secondary N) is 1. The van der Waals surface area contributed by atoms with Gasteiger partial charge in [-0.1, -0.05) is 70.5 Å². The van der Waals surface area contributed by atoms with Crippen LogP contribution in [0.1, 0.15) is 31.9 Å². The van der Waals surface area contributed by atoms with Crippen molar-refractivity contribution < 1.29 is 19.1 Å². The van der Waals surface area contributed by atoms with Crippen molar-refractivity contribution in [2.45, 2.75) is 45.3 Å². The van der Waals surface area contributed by atoms with Crippen molar-refractivity contribution in [3.05, 3.63) is 94.5 Å². The number of ether oxygens (including phenoxy) is 2. The summed E-state index contributed by atoms with van der Waals surface area (Å²) in [4.78, 5) is 28.8. The highest BCUT2D eigenvalue weighted by Gasteiger charge is 2.32. The van der Waals surface area contributed by atoms with Crippen LogP contribution in [0.15, 0.2) is 83.3 Å². The molecule has 0 spiro atoms. The summed E-state index contributed by atoms with van der Waals surface area (Å²) < 4.78 is 12.1. The topological polar surface area (TPSA) is 67.9 Å². The number of amides is 2. The molecule has 2 amide bonds. The van der Waals surface area contributed by atoms with Gasteiger partial charge in [0.15, 0.2) is 18.1 Å². The maximum absolute atomic E-state index is 13.7. The fraction of sp³-hybridized carbons (Fsp3) is 0.310. The third-order valence-electron chi connectivity index (χ3n) is 5.43. The third-order valence-corrected chi connectivity index (χ3v) is 5.92. The maximum atomic E-state index is 13.7. The van der Waals surface area contributed by atoms with E-state index in [0.29, 0.717) is 17.9 Å². The fourth-order valence-corrected chi connectivity index (χ4v) is 4.25. The number of rotatable bonds is 10. The molecule has 1 atom stereocenters. The molecular formula is C29H33BrN2O4. The molecule has 36 heavy (non-hydrogen) atoms. The predicted octanol–water partition coefficient (Wildman–Crippen LogP) is 5.39. The van der Waals surface area contributed by atoms with Gasteiger partial charge in [-0.2, -0.15) is 0 Å². The summed E-state index contributed by atoms with van der Waals surface area (Å²) in [6.45, 7) is 5.80. The highest BCUT2D eigenvalue weighted by Crippen LogP contribution is 2.26. The van der Waals surface area contributed by atoms with E-state index in [4.69, 9.17) is 9.47 Å². The Morgan fingerprint density at radius 1 is 0.917 bits per heavy atom. The van der Waals surface area contributed by atoms with Gasteiger partial charge in [-0.25, -0.2) is 0 Å². The van der Waals surface area contributed by atoms with Gasteiger partial charge in [0.05, 0.1) is 7.11 Å². The van der Waals surface area contributed by atoms with Crippen LogP contribution in [0.25, 0.3) is 0 Å². The summed E-state index contributed by atoms with van der Waals surface area (Å²) in [7, 11) is 1.55. The molecular weight excluding hydrogens is 520 g/mol. The van der Waals surface area contributed by atoms with E-state index in [9.17, 15) is 9.59 Å². The Morgan fingerprint density at radius 2 is 1.56 bits per heavy atom. The molecule has 0 saturated carbocycles. The van der Waals surface area contributed by atoms with Crippen LogP contribution in [0.4, 0.5) is 0 Å². The summed E-state index contributed by atoms with van der Waals surface area (Å²) in [6.07, 6.45) is 0.372. The van der Waals surface area contributed by atoms with E-state index in [2.05, 4.69) is 21.2 Å². The van der Waals surface area contributed by atoms with E-state index >= 15 is 0 Å². The van der Waals surface area contributed by atoms with E-state index in [1.165, 1.54) is 0 Å². The SMILES string of the molecule is COc1ccccc1OCC(=O)N(Cc1cccc(Br)c1)[C@H](Cc1ccccc1)C(=O)NC(C)(C)C. The Kier molecular flexibility index (Phi) is 9.53. The monoisotopic (exact) mass is 552 g/mol. The molecule has 7 heteroatoms. The Bertz CT molecular complexity index is 1160. The molecule has 3 aromatic carbocycles. The molecule has 0 aliphatic carbocycles. The summed E-state index contributed by atoms with van der Waals surface area (Å²) in [5.74, 6) is 0.488. The molecule has 0 aliphatic rings. The molecule has 0 fully saturated rings. The molecule has 0 unspecified atom stereocenters. The second-order valence-corrected chi connectivity index (χ2v) is 10.5. The number of halogens is 1. The zero-order valence-corrected chi connectivity index (χ0v) is 22.7. The highest BCUT2D eigenvalue weighted by molar-refractivity contribution is 9.10. The number of hydrogen-bond acceptors (Lipinski definition) is 4. The van der Waals surface area contributed by atoms with Gasteiger partial charge in [0.1, 0.15) is 6.04 Å². The molecule has 1 N–H and O–H groups in total. The number of para-hydroxylation sites is 2. The molecule has 3 rings (SSSR count). The average Bonchev–Trinajstić information content (AvgIpc) is 2.84. The lowest BCUT2D eigenvalue weighted by Gasteiger charge is -2.33. The van der Waals surface area contributed by atoms with E-state index in [-0.39, 0.29) is 25.0 Å². The van der Waals surface area contributed by atoms with Crippen molar-refractivity contribution in [3.63, 3.8) is 0 Å². The van der Waals surface area contributed by atoms with Gasteiger partial charge in [0, 0.05) is 23.0 Å². The fourth-order valence-electron chi connectivity index (χ4n) is 3.80. The Hall–Kier alpha value is -3.32. The molecule has 0 aromatic heterocycles. The number of carbonyl (C=O) groups is 2. The van der Waals surface area contributed by atoms with Gasteiger partial charge in [0.25, 0.3) is 5.91 Å². The first-order valence-corrected chi connectivity index (χ1v) is 12.6. The number of carbonyl (C=O) groups excluding carboxylic acids is 2. The molecule has 0 radical (unpaired) electrons. The molecule has 3 aromatic rings. The van der Waals surface area contributed by atoms with E-state index in [1.807, 2.05) is 87.5 Å². The zero-order valence-electron chi connectivity index (χ0n) is 21.2. The van der Waals surface area contributed by atoms with Gasteiger partial charge in [0.2, 0.25) is 5.91 Å². The summed E-state index contributed by atoms with van der Waals surface area (Å²) in [5.41, 5.74) is 1.41. The first-order chi connectivity index (χ1) is 17.2. The number of hydrogen-bond donors (Lipinski definition) is 1. The molecule has 0 aliphatic heterocycles. The van der Waals surface area contributed by atoms with Crippen molar-refractivity contribution in [1.82, 2.24) is 10.2 Å². The molecule has 0 heterocycles. The normalized spacial score (nSPS) is 11.9. The van der Waals surface area contributed by atoms with E-state index in [0.717, 1.165) is 15.6 Å². The van der Waals surface area contributed by atoms with Crippen LogP contribution >= 0.6 is 15.9 Å². The first-order valence-electron chi connectivity index (χ1n) is 11.8. The number of methoxy groups -OCH3 is 1. The highest BCUT2D eigenvalue weighted by atomic mass is 79.9. The maximum Gasteiger partial charge on any atom is 0.261 e. The minimum Gasteiger partial charge on any atom is -0.493 e. The first kappa shape index (κ1) is 27.3. The van der Waals surface area contributed by atoms with Crippen LogP contribution in [0.2, 0.25) is 0 Å². The predicted molar refractivity (Wildman–Crippen MR) is 145 cm³/mol. The lowest BCUT2D eigenvalue weighted by Crippen LogP contribution is -2.55. The van der Waals surface area contributed by atoms with Gasteiger partial charge in [-0.3, -0.25) is 9.59 Å². The minimum absolute atomic E-state index is 0.216. The standard InChI is InChI=1S/C29H33BrN2O4/c1-29(2,3)31-28(34)24(18-21-11-6-5-7-12-21)32(19-22-13-10-14-23(30)17-22)27(33)20-36-26-16-9-8-15-25(26)35-4/h5-17,24H,18-20H2,1-4H3,(H,31,34)/t24-/m1/s1. The van der Waals surface area contributed by atoms with Crippen LogP contribution in [-0.2, 0) is 22.6 Å². The third kappa shape index (κ3) is 8.12.